The number of pyridine rings is 1. The van der Waals surface area contributed by atoms with Crippen LogP contribution >= 0.6 is 0 Å². The maximum absolute atomic E-state index is 12.7. The summed E-state index contributed by atoms with van der Waals surface area (Å²) in [6, 6.07) is 2.26. The highest BCUT2D eigenvalue weighted by atomic mass is 19.1. The first-order chi connectivity index (χ1) is 8.65. The van der Waals surface area contributed by atoms with Gasteiger partial charge in [0.05, 0.1) is 24.9 Å². The van der Waals surface area contributed by atoms with E-state index in [1.807, 2.05) is 0 Å². The van der Waals surface area contributed by atoms with E-state index < -0.39 is 5.82 Å². The lowest BCUT2D eigenvalue weighted by molar-refractivity contribution is 0.0642. The number of aliphatic hydroxyl groups is 1. The van der Waals surface area contributed by atoms with Crippen LogP contribution in [0.1, 0.15) is 16.9 Å². The quantitative estimate of drug-likeness (QED) is 0.850. The number of ether oxygens (including phenoxy) is 1. The maximum Gasteiger partial charge on any atom is 0.272 e. The fraction of sp³-hybridized carbons (Fsp3) is 0.500. The zero-order valence-electron chi connectivity index (χ0n) is 10.0. The second kappa shape index (κ2) is 5.41. The number of hydrogen-bond donors (Lipinski definition) is 1. The third kappa shape index (κ3) is 2.49. The number of likely N-dealkylation sites (tertiary alicyclic amines) is 1. The van der Waals surface area contributed by atoms with E-state index >= 15 is 0 Å². The first-order valence-corrected chi connectivity index (χ1v) is 5.72. The van der Waals surface area contributed by atoms with Crippen molar-refractivity contribution in [3.05, 3.63) is 29.8 Å². The Hall–Kier alpha value is -1.53. The molecule has 1 aliphatic rings. The number of amides is 1. The number of halogens is 1. The first kappa shape index (κ1) is 12.9. The third-order valence-corrected chi connectivity index (χ3v) is 3.13. The second-order valence-electron chi connectivity index (χ2n) is 4.25. The van der Waals surface area contributed by atoms with Gasteiger partial charge in [-0.15, -0.1) is 0 Å². The fourth-order valence-corrected chi connectivity index (χ4v) is 2.12. The summed E-state index contributed by atoms with van der Waals surface area (Å²) in [6.07, 6.45) is 1.52. The van der Waals surface area contributed by atoms with Gasteiger partial charge in [-0.3, -0.25) is 4.79 Å². The first-order valence-electron chi connectivity index (χ1n) is 5.72. The minimum atomic E-state index is -0.485. The van der Waals surface area contributed by atoms with Gasteiger partial charge in [-0.2, -0.15) is 0 Å². The predicted molar refractivity (Wildman–Crippen MR) is 61.5 cm³/mol. The number of aromatic nitrogens is 1. The highest BCUT2D eigenvalue weighted by molar-refractivity contribution is 5.92. The monoisotopic (exact) mass is 254 g/mol. The number of carbonyl (C=O) groups excluding carboxylic acids is 1. The van der Waals surface area contributed by atoms with Crippen LogP contribution in [0.3, 0.4) is 0 Å². The summed E-state index contributed by atoms with van der Waals surface area (Å²) in [6.45, 7) is 0.298. The lowest BCUT2D eigenvalue weighted by Crippen LogP contribution is -2.38. The van der Waals surface area contributed by atoms with Crippen LogP contribution in [0.5, 0.6) is 0 Å². The molecule has 98 valence electrons. The summed E-state index contributed by atoms with van der Waals surface area (Å²) in [5, 5.41) is 9.26. The molecule has 0 saturated carbocycles. The summed E-state index contributed by atoms with van der Waals surface area (Å²) in [7, 11) is 1.57. The molecule has 1 aromatic rings. The number of hydrogen-bond acceptors (Lipinski definition) is 4. The molecule has 0 aliphatic carbocycles. The van der Waals surface area contributed by atoms with Gasteiger partial charge in [0.25, 0.3) is 5.91 Å². The predicted octanol–water partition coefficient (Wildman–Crippen LogP) is 0.442. The van der Waals surface area contributed by atoms with Crippen LogP contribution < -0.4 is 0 Å². The van der Waals surface area contributed by atoms with Gasteiger partial charge in [-0.25, -0.2) is 9.37 Å². The molecule has 2 rings (SSSR count). The molecule has 1 fully saturated rings. The third-order valence-electron chi connectivity index (χ3n) is 3.13. The molecular formula is C12H15FN2O3. The Bertz CT molecular complexity index is 424. The summed E-state index contributed by atoms with van der Waals surface area (Å²) in [5.74, 6) is -0.796. The zero-order valence-corrected chi connectivity index (χ0v) is 10.0. The van der Waals surface area contributed by atoms with Crippen LogP contribution in [0.15, 0.2) is 18.3 Å². The average molecular weight is 254 g/mol. The van der Waals surface area contributed by atoms with Crippen molar-refractivity contribution in [1.82, 2.24) is 9.88 Å². The number of aliphatic hydroxyl groups excluding tert-OH is 1. The van der Waals surface area contributed by atoms with Crippen LogP contribution in [-0.4, -0.2) is 53.3 Å². The topological polar surface area (TPSA) is 62.7 Å². The molecule has 0 spiro atoms. The number of methoxy groups -OCH3 is 1. The molecule has 1 N–H and O–H groups in total. The molecule has 6 heteroatoms. The van der Waals surface area contributed by atoms with E-state index in [9.17, 15) is 14.3 Å². The highest BCUT2D eigenvalue weighted by Crippen LogP contribution is 2.21. The van der Waals surface area contributed by atoms with Crippen molar-refractivity contribution in [2.24, 2.45) is 0 Å². The van der Waals surface area contributed by atoms with Gasteiger partial charge >= 0.3 is 0 Å². The van der Waals surface area contributed by atoms with Crippen LogP contribution in [0, 0.1) is 5.82 Å². The molecule has 1 aromatic heterocycles. The standard InChI is InChI=1S/C12H15FN2O3/c1-18-10-4-9(7-16)15(6-10)12(17)11-3-2-8(13)5-14-11/h2-3,5,9-10,16H,4,6-7H2,1H3/t9-,10+/m0/s1. The van der Waals surface area contributed by atoms with E-state index in [0.717, 1.165) is 6.20 Å². The van der Waals surface area contributed by atoms with E-state index in [4.69, 9.17) is 4.74 Å². The molecule has 0 unspecified atom stereocenters. The van der Waals surface area contributed by atoms with Crippen molar-refractivity contribution in [1.29, 1.82) is 0 Å². The Kier molecular flexibility index (Phi) is 3.88. The van der Waals surface area contributed by atoms with Crippen molar-refractivity contribution in [3.63, 3.8) is 0 Å². The average Bonchev–Trinajstić information content (AvgIpc) is 2.82. The van der Waals surface area contributed by atoms with Crippen molar-refractivity contribution in [2.75, 3.05) is 20.3 Å². The SMILES string of the molecule is CO[C@@H]1C[C@@H](CO)N(C(=O)c2ccc(F)cn2)C1. The summed E-state index contributed by atoms with van der Waals surface area (Å²) < 4.78 is 17.9. The lowest BCUT2D eigenvalue weighted by atomic mass is 10.2. The van der Waals surface area contributed by atoms with Gasteiger partial charge in [0.15, 0.2) is 0 Å². The number of nitrogens with zero attached hydrogens (tertiary/aromatic N) is 2. The molecule has 18 heavy (non-hydrogen) atoms. The molecule has 1 saturated heterocycles. The van der Waals surface area contributed by atoms with E-state index in [2.05, 4.69) is 4.98 Å². The van der Waals surface area contributed by atoms with Crippen LogP contribution in [0.2, 0.25) is 0 Å². The fourth-order valence-electron chi connectivity index (χ4n) is 2.12. The maximum atomic E-state index is 12.7. The Morgan fingerprint density at radius 3 is 3.00 bits per heavy atom. The minimum absolute atomic E-state index is 0.0773. The Morgan fingerprint density at radius 2 is 2.44 bits per heavy atom. The van der Waals surface area contributed by atoms with E-state index in [-0.39, 0.29) is 30.4 Å². The molecule has 1 amide bonds. The smallest absolute Gasteiger partial charge is 0.272 e. The van der Waals surface area contributed by atoms with E-state index in [1.54, 1.807) is 7.11 Å². The molecule has 1 aliphatic heterocycles. The summed E-state index contributed by atoms with van der Waals surface area (Å²) >= 11 is 0. The highest BCUT2D eigenvalue weighted by Gasteiger charge is 2.35. The molecule has 0 bridgehead atoms. The van der Waals surface area contributed by atoms with E-state index in [0.29, 0.717) is 13.0 Å². The van der Waals surface area contributed by atoms with Crippen LogP contribution in [0.25, 0.3) is 0 Å². The van der Waals surface area contributed by atoms with Gasteiger partial charge in [0.1, 0.15) is 11.5 Å². The van der Waals surface area contributed by atoms with Crippen molar-refractivity contribution < 1.29 is 19.0 Å². The Balaban J connectivity index is 2.15. The number of carbonyl (C=O) groups is 1. The zero-order chi connectivity index (χ0) is 13.1. The van der Waals surface area contributed by atoms with Crippen molar-refractivity contribution in [3.8, 4) is 0 Å². The van der Waals surface area contributed by atoms with Gasteiger partial charge in [0.2, 0.25) is 0 Å². The van der Waals surface area contributed by atoms with Gasteiger partial charge in [-0.05, 0) is 18.6 Å². The molecular weight excluding hydrogens is 239 g/mol. The molecule has 0 radical (unpaired) electrons. The van der Waals surface area contributed by atoms with Crippen molar-refractivity contribution in [2.45, 2.75) is 18.6 Å². The largest absolute Gasteiger partial charge is 0.394 e. The summed E-state index contributed by atoms with van der Waals surface area (Å²) in [5.41, 5.74) is 0.173. The van der Waals surface area contributed by atoms with Gasteiger partial charge in [0, 0.05) is 13.7 Å². The summed E-state index contributed by atoms with van der Waals surface area (Å²) in [4.78, 5) is 17.4. The molecule has 2 atom stereocenters. The Morgan fingerprint density at radius 1 is 1.67 bits per heavy atom. The van der Waals surface area contributed by atoms with Crippen LogP contribution in [-0.2, 0) is 4.74 Å². The van der Waals surface area contributed by atoms with E-state index in [1.165, 1.54) is 17.0 Å². The van der Waals surface area contributed by atoms with Crippen LogP contribution in [0.4, 0.5) is 4.39 Å². The molecule has 5 nitrogen and oxygen atoms in total. The van der Waals surface area contributed by atoms with Crippen molar-refractivity contribution >= 4 is 5.91 Å². The minimum Gasteiger partial charge on any atom is -0.394 e. The number of rotatable bonds is 3. The Labute approximate surface area is 104 Å². The normalized spacial score (nSPS) is 23.4. The van der Waals surface area contributed by atoms with Gasteiger partial charge in [-0.1, -0.05) is 0 Å². The molecule has 0 aromatic carbocycles. The molecule has 2 heterocycles. The van der Waals surface area contributed by atoms with Gasteiger partial charge < -0.3 is 14.7 Å². The lowest BCUT2D eigenvalue weighted by Gasteiger charge is -2.22. The second-order valence-corrected chi connectivity index (χ2v) is 4.25.